The van der Waals surface area contributed by atoms with Gasteiger partial charge in [-0.2, -0.15) is 0 Å². The zero-order chi connectivity index (χ0) is 22.0. The lowest BCUT2D eigenvalue weighted by Crippen LogP contribution is -2.30. The van der Waals surface area contributed by atoms with Crippen LogP contribution in [0.2, 0.25) is 10.0 Å². The van der Waals surface area contributed by atoms with Crippen LogP contribution in [-0.4, -0.2) is 23.0 Å². The van der Waals surface area contributed by atoms with E-state index in [-0.39, 0.29) is 0 Å². The normalized spacial score (nSPS) is 11.8. The molecular weight excluding hydrogens is 455 g/mol. The summed E-state index contributed by atoms with van der Waals surface area (Å²) < 4.78 is 6.45. The third-order valence-corrected chi connectivity index (χ3v) is 5.96. The van der Waals surface area contributed by atoms with E-state index in [0.717, 1.165) is 10.2 Å². The van der Waals surface area contributed by atoms with Gasteiger partial charge in [-0.1, -0.05) is 53.5 Å². The van der Waals surface area contributed by atoms with Crippen molar-refractivity contribution in [3.8, 4) is 10.6 Å². The number of amides is 1. The molecule has 156 valence electrons. The number of nitrogens with zero attached hydrogens (tertiary/aromatic N) is 1. The van der Waals surface area contributed by atoms with E-state index in [2.05, 4.69) is 10.3 Å². The second-order valence-corrected chi connectivity index (χ2v) is 8.63. The summed E-state index contributed by atoms with van der Waals surface area (Å²) in [6.45, 7) is 1.50. The number of aromatic nitrogens is 1. The number of benzene rings is 3. The molecule has 0 aliphatic heterocycles. The second-order valence-electron chi connectivity index (χ2n) is 6.73. The first kappa shape index (κ1) is 21.3. The molecule has 0 spiro atoms. The molecule has 0 unspecified atom stereocenters. The minimum Gasteiger partial charge on any atom is -0.449 e. The lowest BCUT2D eigenvalue weighted by Gasteiger charge is -2.15. The van der Waals surface area contributed by atoms with Gasteiger partial charge >= 0.3 is 5.97 Å². The Kier molecular flexibility index (Phi) is 6.23. The van der Waals surface area contributed by atoms with Crippen LogP contribution in [0.4, 0.5) is 5.69 Å². The van der Waals surface area contributed by atoms with Crippen molar-refractivity contribution in [2.24, 2.45) is 0 Å². The first-order valence-corrected chi connectivity index (χ1v) is 10.9. The van der Waals surface area contributed by atoms with Gasteiger partial charge in [-0.15, -0.1) is 11.3 Å². The number of thiazole rings is 1. The van der Waals surface area contributed by atoms with Crippen LogP contribution >= 0.6 is 34.5 Å². The molecule has 0 fully saturated rings. The minimum absolute atomic E-state index is 0.340. The molecule has 0 saturated carbocycles. The quantitative estimate of drug-likeness (QED) is 0.340. The maximum Gasteiger partial charge on any atom is 0.339 e. The largest absolute Gasteiger partial charge is 0.449 e. The Morgan fingerprint density at radius 1 is 1.00 bits per heavy atom. The number of para-hydroxylation sites is 1. The van der Waals surface area contributed by atoms with Gasteiger partial charge in [0.25, 0.3) is 5.91 Å². The van der Waals surface area contributed by atoms with Crippen LogP contribution in [0.15, 0.2) is 66.7 Å². The highest BCUT2D eigenvalue weighted by molar-refractivity contribution is 7.21. The van der Waals surface area contributed by atoms with Crippen molar-refractivity contribution >= 4 is 62.3 Å². The SMILES string of the molecule is C[C@H](OC(=O)c1ccccc1-c1nc2ccccc2s1)C(=O)Nc1cc(Cl)cc(Cl)c1. The fourth-order valence-electron chi connectivity index (χ4n) is 2.98. The molecule has 8 heteroatoms. The molecule has 4 rings (SSSR count). The van der Waals surface area contributed by atoms with Crippen LogP contribution in [0.5, 0.6) is 0 Å². The highest BCUT2D eigenvalue weighted by Gasteiger charge is 2.22. The standard InChI is InChI=1S/C23H16Cl2N2O3S/c1-13(21(28)26-16-11-14(24)10-15(25)12-16)30-23(29)18-7-3-2-6-17(18)22-27-19-8-4-5-9-20(19)31-22/h2-13H,1H3,(H,26,28)/t13-/m0/s1. The molecule has 0 bridgehead atoms. The Balaban J connectivity index is 1.52. The zero-order valence-electron chi connectivity index (χ0n) is 16.3. The summed E-state index contributed by atoms with van der Waals surface area (Å²) in [6.07, 6.45) is -1.03. The number of hydrogen-bond acceptors (Lipinski definition) is 5. The highest BCUT2D eigenvalue weighted by Crippen LogP contribution is 2.32. The summed E-state index contributed by atoms with van der Waals surface area (Å²) >= 11 is 13.4. The average molecular weight is 471 g/mol. The lowest BCUT2D eigenvalue weighted by molar-refractivity contribution is -0.123. The number of anilines is 1. The van der Waals surface area contributed by atoms with Gasteiger partial charge in [-0.25, -0.2) is 9.78 Å². The summed E-state index contributed by atoms with van der Waals surface area (Å²) in [6, 6.07) is 19.5. The van der Waals surface area contributed by atoms with E-state index in [4.69, 9.17) is 27.9 Å². The van der Waals surface area contributed by atoms with Crippen LogP contribution in [0.1, 0.15) is 17.3 Å². The number of carbonyl (C=O) groups excluding carboxylic acids is 2. The second kappa shape index (κ2) is 9.06. The van der Waals surface area contributed by atoms with Crippen molar-refractivity contribution in [3.63, 3.8) is 0 Å². The molecule has 31 heavy (non-hydrogen) atoms. The van der Waals surface area contributed by atoms with E-state index in [1.165, 1.54) is 18.3 Å². The van der Waals surface area contributed by atoms with E-state index < -0.39 is 18.0 Å². The van der Waals surface area contributed by atoms with Crippen molar-refractivity contribution in [1.29, 1.82) is 0 Å². The number of nitrogens with one attached hydrogen (secondary N) is 1. The van der Waals surface area contributed by atoms with E-state index in [0.29, 0.717) is 31.9 Å². The van der Waals surface area contributed by atoms with Gasteiger partial charge in [-0.3, -0.25) is 4.79 Å². The number of rotatable bonds is 5. The summed E-state index contributed by atoms with van der Waals surface area (Å²) in [5, 5.41) is 4.13. The molecule has 1 atom stereocenters. The number of hydrogen-bond donors (Lipinski definition) is 1. The summed E-state index contributed by atoms with van der Waals surface area (Å²) in [7, 11) is 0. The van der Waals surface area contributed by atoms with Crippen LogP contribution in [0, 0.1) is 0 Å². The predicted molar refractivity (Wildman–Crippen MR) is 125 cm³/mol. The summed E-state index contributed by atoms with van der Waals surface area (Å²) in [5.74, 6) is -1.11. The van der Waals surface area contributed by atoms with Crippen LogP contribution in [-0.2, 0) is 9.53 Å². The Morgan fingerprint density at radius 2 is 1.68 bits per heavy atom. The fraction of sp³-hybridized carbons (Fsp3) is 0.0870. The predicted octanol–water partition coefficient (Wildman–Crippen LogP) is 6.45. The van der Waals surface area contributed by atoms with E-state index in [1.54, 1.807) is 30.3 Å². The smallest absolute Gasteiger partial charge is 0.339 e. The molecule has 1 amide bonds. The summed E-state index contributed by atoms with van der Waals surface area (Å²) in [5.41, 5.74) is 2.27. The van der Waals surface area contributed by atoms with Crippen LogP contribution in [0.3, 0.4) is 0 Å². The van der Waals surface area contributed by atoms with Crippen molar-refractivity contribution < 1.29 is 14.3 Å². The Labute approximate surface area is 192 Å². The third kappa shape index (κ3) is 4.88. The number of carbonyl (C=O) groups is 2. The van der Waals surface area contributed by atoms with Gasteiger partial charge in [0.2, 0.25) is 0 Å². The summed E-state index contributed by atoms with van der Waals surface area (Å²) in [4.78, 5) is 30.0. The van der Waals surface area contributed by atoms with E-state index in [9.17, 15) is 9.59 Å². The molecule has 1 aromatic heterocycles. The highest BCUT2D eigenvalue weighted by atomic mass is 35.5. The van der Waals surface area contributed by atoms with Crippen molar-refractivity contribution in [2.75, 3.05) is 5.32 Å². The Bertz CT molecular complexity index is 1240. The molecule has 1 heterocycles. The molecule has 0 aliphatic rings. The first-order chi connectivity index (χ1) is 14.9. The maximum atomic E-state index is 12.9. The number of esters is 1. The monoisotopic (exact) mass is 470 g/mol. The topological polar surface area (TPSA) is 68.3 Å². The molecule has 3 aromatic carbocycles. The first-order valence-electron chi connectivity index (χ1n) is 9.33. The minimum atomic E-state index is -1.03. The molecule has 4 aromatic rings. The molecule has 0 aliphatic carbocycles. The van der Waals surface area contributed by atoms with Gasteiger partial charge in [-0.05, 0) is 43.3 Å². The molecule has 5 nitrogen and oxygen atoms in total. The van der Waals surface area contributed by atoms with E-state index in [1.807, 2.05) is 36.4 Å². The third-order valence-electron chi connectivity index (χ3n) is 4.45. The van der Waals surface area contributed by atoms with Crippen LogP contribution in [0.25, 0.3) is 20.8 Å². The molecular formula is C23H16Cl2N2O3S. The van der Waals surface area contributed by atoms with Gasteiger partial charge in [0, 0.05) is 21.3 Å². The van der Waals surface area contributed by atoms with Gasteiger partial charge in [0.1, 0.15) is 5.01 Å². The fourth-order valence-corrected chi connectivity index (χ4v) is 4.51. The van der Waals surface area contributed by atoms with Gasteiger partial charge in [0.15, 0.2) is 6.10 Å². The average Bonchev–Trinajstić information content (AvgIpc) is 3.17. The zero-order valence-corrected chi connectivity index (χ0v) is 18.6. The Hall–Kier alpha value is -2.93. The van der Waals surface area contributed by atoms with E-state index >= 15 is 0 Å². The number of ether oxygens (including phenoxy) is 1. The van der Waals surface area contributed by atoms with Crippen molar-refractivity contribution in [1.82, 2.24) is 4.98 Å². The van der Waals surface area contributed by atoms with Crippen molar-refractivity contribution in [3.05, 3.63) is 82.3 Å². The number of halogens is 2. The lowest BCUT2D eigenvalue weighted by atomic mass is 10.1. The molecule has 0 radical (unpaired) electrons. The molecule has 1 N–H and O–H groups in total. The van der Waals surface area contributed by atoms with Gasteiger partial charge < -0.3 is 10.1 Å². The van der Waals surface area contributed by atoms with Gasteiger partial charge in [0.05, 0.1) is 15.8 Å². The van der Waals surface area contributed by atoms with Crippen molar-refractivity contribution in [2.45, 2.75) is 13.0 Å². The maximum absolute atomic E-state index is 12.9. The van der Waals surface area contributed by atoms with Crippen LogP contribution < -0.4 is 5.32 Å². The number of fused-ring (bicyclic) bond motifs is 1. The Morgan fingerprint density at radius 3 is 2.42 bits per heavy atom. The molecule has 0 saturated heterocycles.